The molecular weight excluding hydrogens is 331 g/mol. The summed E-state index contributed by atoms with van der Waals surface area (Å²) in [4.78, 5) is 9.25. The highest BCUT2D eigenvalue weighted by molar-refractivity contribution is 5.80. The van der Waals surface area contributed by atoms with Crippen molar-refractivity contribution in [1.29, 1.82) is 0 Å². The van der Waals surface area contributed by atoms with Crippen LogP contribution in [0.2, 0.25) is 0 Å². The molecule has 0 atom stereocenters. The first-order chi connectivity index (χ1) is 12.8. The quantitative estimate of drug-likeness (QED) is 0.491. The van der Waals surface area contributed by atoms with E-state index in [-0.39, 0.29) is 5.82 Å². The molecule has 1 aromatic heterocycles. The summed E-state index contributed by atoms with van der Waals surface area (Å²) in [6.07, 6.45) is 4.29. The Kier molecular flexibility index (Phi) is 6.30. The minimum atomic E-state index is -0.202. The Labute approximate surface area is 153 Å². The van der Waals surface area contributed by atoms with Gasteiger partial charge in [-0.15, -0.1) is 6.58 Å². The Bertz CT molecular complexity index is 704. The SMILES string of the molecule is C=CCNC(=NCCc1ccco1)N1CCN(c2ccc(F)cc2)CC1. The first kappa shape index (κ1) is 18.0. The number of furan rings is 1. The first-order valence-electron chi connectivity index (χ1n) is 8.93. The van der Waals surface area contributed by atoms with Crippen LogP contribution in [0.1, 0.15) is 5.76 Å². The van der Waals surface area contributed by atoms with Crippen LogP contribution >= 0.6 is 0 Å². The molecule has 26 heavy (non-hydrogen) atoms. The Balaban J connectivity index is 1.57. The minimum absolute atomic E-state index is 0.202. The van der Waals surface area contributed by atoms with Crippen LogP contribution in [0.5, 0.6) is 0 Å². The van der Waals surface area contributed by atoms with Crippen molar-refractivity contribution in [1.82, 2.24) is 10.2 Å². The highest BCUT2D eigenvalue weighted by Gasteiger charge is 2.19. The second-order valence-corrected chi connectivity index (χ2v) is 6.15. The van der Waals surface area contributed by atoms with Gasteiger partial charge in [0.05, 0.1) is 6.26 Å². The number of anilines is 1. The highest BCUT2D eigenvalue weighted by atomic mass is 19.1. The van der Waals surface area contributed by atoms with Gasteiger partial charge in [0.15, 0.2) is 5.96 Å². The summed E-state index contributed by atoms with van der Waals surface area (Å²) in [7, 11) is 0. The van der Waals surface area contributed by atoms with Crippen LogP contribution in [0.4, 0.5) is 10.1 Å². The van der Waals surface area contributed by atoms with Gasteiger partial charge in [0.2, 0.25) is 0 Å². The van der Waals surface area contributed by atoms with Crippen LogP contribution in [0.3, 0.4) is 0 Å². The summed E-state index contributed by atoms with van der Waals surface area (Å²) in [5, 5.41) is 3.34. The Morgan fingerprint density at radius 2 is 1.96 bits per heavy atom. The van der Waals surface area contributed by atoms with Gasteiger partial charge < -0.3 is 19.5 Å². The average molecular weight is 356 g/mol. The maximum absolute atomic E-state index is 13.1. The lowest BCUT2D eigenvalue weighted by atomic mass is 10.2. The fourth-order valence-electron chi connectivity index (χ4n) is 2.99. The molecule has 3 rings (SSSR count). The number of halogens is 1. The van der Waals surface area contributed by atoms with Crippen LogP contribution in [0, 0.1) is 5.82 Å². The van der Waals surface area contributed by atoms with Gasteiger partial charge in [-0.05, 0) is 36.4 Å². The third-order valence-electron chi connectivity index (χ3n) is 4.38. The molecule has 2 aromatic rings. The number of aliphatic imine (C=N–C) groups is 1. The zero-order chi connectivity index (χ0) is 18.2. The van der Waals surface area contributed by atoms with E-state index in [2.05, 4.69) is 21.7 Å². The molecule has 1 saturated heterocycles. The zero-order valence-corrected chi connectivity index (χ0v) is 14.9. The Hall–Kier alpha value is -2.76. The third kappa shape index (κ3) is 4.88. The van der Waals surface area contributed by atoms with Crippen LogP contribution in [0.15, 0.2) is 64.7 Å². The van der Waals surface area contributed by atoms with Gasteiger partial charge in [0.25, 0.3) is 0 Å². The maximum atomic E-state index is 13.1. The van der Waals surface area contributed by atoms with Crippen molar-refractivity contribution in [2.75, 3.05) is 44.2 Å². The van der Waals surface area contributed by atoms with Crippen molar-refractivity contribution in [2.45, 2.75) is 6.42 Å². The smallest absolute Gasteiger partial charge is 0.194 e. The molecule has 0 amide bonds. The van der Waals surface area contributed by atoms with Crippen LogP contribution in [0.25, 0.3) is 0 Å². The summed E-state index contributed by atoms with van der Waals surface area (Å²) in [5.74, 6) is 1.64. The van der Waals surface area contributed by atoms with Crippen LogP contribution < -0.4 is 10.2 Å². The van der Waals surface area contributed by atoms with Crippen molar-refractivity contribution in [2.24, 2.45) is 4.99 Å². The van der Waals surface area contributed by atoms with Crippen LogP contribution in [-0.4, -0.2) is 50.1 Å². The number of guanidine groups is 1. The molecule has 1 aliphatic rings. The molecule has 6 heteroatoms. The molecule has 1 aliphatic heterocycles. The topological polar surface area (TPSA) is 44.0 Å². The number of piperazine rings is 1. The molecule has 1 N–H and O–H groups in total. The molecule has 0 spiro atoms. The van der Waals surface area contributed by atoms with Gasteiger partial charge in [-0.1, -0.05) is 6.08 Å². The molecule has 138 valence electrons. The van der Waals surface area contributed by atoms with Gasteiger partial charge in [-0.25, -0.2) is 4.39 Å². The van der Waals surface area contributed by atoms with E-state index in [1.807, 2.05) is 30.3 Å². The lowest BCUT2D eigenvalue weighted by molar-refractivity contribution is 0.373. The van der Waals surface area contributed by atoms with Crippen molar-refractivity contribution in [3.8, 4) is 0 Å². The number of benzene rings is 1. The molecule has 1 fully saturated rings. The van der Waals surface area contributed by atoms with Crippen molar-refractivity contribution >= 4 is 11.6 Å². The second kappa shape index (κ2) is 9.08. The van der Waals surface area contributed by atoms with E-state index >= 15 is 0 Å². The predicted molar refractivity (Wildman–Crippen MR) is 103 cm³/mol. The van der Waals surface area contributed by atoms with Gasteiger partial charge in [0.1, 0.15) is 11.6 Å². The second-order valence-electron chi connectivity index (χ2n) is 6.15. The summed E-state index contributed by atoms with van der Waals surface area (Å²) in [5.41, 5.74) is 1.06. The summed E-state index contributed by atoms with van der Waals surface area (Å²) >= 11 is 0. The molecule has 0 saturated carbocycles. The molecule has 0 aliphatic carbocycles. The third-order valence-corrected chi connectivity index (χ3v) is 4.38. The standard InChI is InChI=1S/C20H25FN4O/c1-2-10-22-20(23-11-9-19-4-3-16-26-19)25-14-12-24(13-15-25)18-7-5-17(21)6-8-18/h2-8,16H,1,9-15H2,(H,22,23). The van der Waals surface area contributed by atoms with E-state index in [0.29, 0.717) is 13.1 Å². The van der Waals surface area contributed by atoms with E-state index in [0.717, 1.165) is 50.0 Å². The lowest BCUT2D eigenvalue weighted by Gasteiger charge is -2.37. The summed E-state index contributed by atoms with van der Waals surface area (Å²) in [6, 6.07) is 10.5. The molecule has 0 unspecified atom stereocenters. The summed E-state index contributed by atoms with van der Waals surface area (Å²) in [6.45, 7) is 8.59. The van der Waals surface area contributed by atoms with Crippen molar-refractivity contribution in [3.05, 3.63) is 66.9 Å². The fraction of sp³-hybridized carbons (Fsp3) is 0.350. The predicted octanol–water partition coefficient (Wildman–Crippen LogP) is 2.92. The van der Waals surface area contributed by atoms with Crippen molar-refractivity contribution in [3.63, 3.8) is 0 Å². The van der Waals surface area contributed by atoms with Gasteiger partial charge in [0, 0.05) is 51.4 Å². The molecule has 2 heterocycles. The number of nitrogens with zero attached hydrogens (tertiary/aromatic N) is 3. The largest absolute Gasteiger partial charge is 0.469 e. The van der Waals surface area contributed by atoms with Crippen LogP contribution in [-0.2, 0) is 6.42 Å². The van der Waals surface area contributed by atoms with E-state index < -0.39 is 0 Å². The van der Waals surface area contributed by atoms with E-state index in [9.17, 15) is 4.39 Å². The van der Waals surface area contributed by atoms with E-state index in [1.165, 1.54) is 12.1 Å². The fourth-order valence-corrected chi connectivity index (χ4v) is 2.99. The highest BCUT2D eigenvalue weighted by Crippen LogP contribution is 2.17. The number of hydrogen-bond donors (Lipinski definition) is 1. The molecule has 1 aromatic carbocycles. The molecular formula is C20H25FN4O. The molecule has 5 nitrogen and oxygen atoms in total. The lowest BCUT2D eigenvalue weighted by Crippen LogP contribution is -2.52. The normalized spacial score (nSPS) is 15.2. The molecule has 0 bridgehead atoms. The summed E-state index contributed by atoms with van der Waals surface area (Å²) < 4.78 is 18.5. The number of nitrogens with one attached hydrogen (secondary N) is 1. The van der Waals surface area contributed by atoms with E-state index in [1.54, 1.807) is 6.26 Å². The average Bonchev–Trinajstić information content (AvgIpc) is 3.19. The van der Waals surface area contributed by atoms with Gasteiger partial charge >= 0.3 is 0 Å². The molecule has 0 radical (unpaired) electrons. The zero-order valence-electron chi connectivity index (χ0n) is 14.9. The van der Waals surface area contributed by atoms with Crippen molar-refractivity contribution < 1.29 is 8.81 Å². The van der Waals surface area contributed by atoms with Gasteiger partial charge in [-0.2, -0.15) is 0 Å². The monoisotopic (exact) mass is 356 g/mol. The number of hydrogen-bond acceptors (Lipinski definition) is 3. The van der Waals surface area contributed by atoms with E-state index in [4.69, 9.17) is 9.41 Å². The van der Waals surface area contributed by atoms with Gasteiger partial charge in [-0.3, -0.25) is 4.99 Å². The maximum Gasteiger partial charge on any atom is 0.194 e. The first-order valence-corrected chi connectivity index (χ1v) is 8.93. The Morgan fingerprint density at radius 3 is 2.62 bits per heavy atom. The minimum Gasteiger partial charge on any atom is -0.469 e. The number of rotatable bonds is 6. The Morgan fingerprint density at radius 1 is 1.19 bits per heavy atom.